The van der Waals surface area contributed by atoms with Gasteiger partial charge in [-0.15, -0.1) is 0 Å². The molecule has 0 amide bonds. The van der Waals surface area contributed by atoms with Gasteiger partial charge in [-0.25, -0.2) is 0 Å². The van der Waals surface area contributed by atoms with E-state index in [1.807, 2.05) is 24.3 Å². The Morgan fingerprint density at radius 3 is 2.90 bits per heavy atom. The number of carbonyl (C=O) groups excluding carboxylic acids is 1. The fraction of sp³-hybridized carbons (Fsp3) is 0.294. The van der Waals surface area contributed by atoms with Crippen molar-refractivity contribution in [2.45, 2.75) is 32.6 Å². The second kappa shape index (κ2) is 5.08. The Morgan fingerprint density at radius 1 is 1.25 bits per heavy atom. The molecule has 0 radical (unpaired) electrons. The second-order valence-electron chi connectivity index (χ2n) is 5.32. The molecule has 20 heavy (non-hydrogen) atoms. The third-order valence-corrected chi connectivity index (χ3v) is 3.94. The van der Waals surface area contributed by atoms with Crippen LogP contribution in [0, 0.1) is 6.92 Å². The number of benzene rings is 1. The fourth-order valence-electron chi connectivity index (χ4n) is 2.79. The Hall–Kier alpha value is -2.16. The van der Waals surface area contributed by atoms with Crippen LogP contribution in [0.15, 0.2) is 41.8 Å². The number of fused-ring (bicyclic) bond motifs is 1. The molecule has 0 saturated carbocycles. The molecule has 0 atom stereocenters. The average Bonchev–Trinajstić information content (AvgIpc) is 2.46. The number of pyridine rings is 1. The summed E-state index contributed by atoms with van der Waals surface area (Å²) >= 11 is 0. The highest BCUT2D eigenvalue weighted by atomic mass is 16.3. The molecule has 3 nitrogen and oxygen atoms in total. The first-order valence-electron chi connectivity index (χ1n) is 6.94. The Bertz CT molecular complexity index is 716. The number of hydrogen-bond donors (Lipinski definition) is 1. The van der Waals surface area contributed by atoms with Gasteiger partial charge in [0.15, 0.2) is 5.78 Å². The lowest BCUT2D eigenvalue weighted by molar-refractivity contribution is -0.116. The molecule has 102 valence electrons. The normalized spacial score (nSPS) is 15.9. The van der Waals surface area contributed by atoms with Crippen LogP contribution in [0.3, 0.4) is 0 Å². The maximum Gasteiger partial charge on any atom is 0.162 e. The van der Waals surface area contributed by atoms with Crippen molar-refractivity contribution in [3.8, 4) is 0 Å². The molecule has 0 unspecified atom stereocenters. The maximum atomic E-state index is 12.0. The lowest BCUT2D eigenvalue weighted by atomic mass is 9.90. The van der Waals surface area contributed by atoms with Gasteiger partial charge < -0.3 is 5.11 Å². The summed E-state index contributed by atoms with van der Waals surface area (Å²) in [5.74, 6) is 0.323. The number of aromatic nitrogens is 1. The minimum atomic E-state index is 0.0680. The number of ketones is 1. The average molecular weight is 267 g/mol. The first-order chi connectivity index (χ1) is 9.66. The largest absolute Gasteiger partial charge is 0.512 e. The molecule has 3 heteroatoms. The van der Waals surface area contributed by atoms with Crippen molar-refractivity contribution in [3.63, 3.8) is 0 Å². The van der Waals surface area contributed by atoms with Crippen LogP contribution in [0.1, 0.15) is 30.4 Å². The molecule has 1 aromatic carbocycles. The minimum absolute atomic E-state index is 0.0680. The molecule has 0 saturated heterocycles. The number of aryl methyl sites for hydroxylation is 1. The quantitative estimate of drug-likeness (QED) is 0.903. The molecule has 0 spiro atoms. The number of carbonyl (C=O) groups is 1. The van der Waals surface area contributed by atoms with E-state index in [1.165, 1.54) is 5.56 Å². The first-order valence-corrected chi connectivity index (χ1v) is 6.94. The van der Waals surface area contributed by atoms with Crippen molar-refractivity contribution in [1.29, 1.82) is 0 Å². The zero-order valence-corrected chi connectivity index (χ0v) is 11.5. The standard InChI is InChI=1S/C17H17NO2/c1-11-7-8-12(17-13(11)4-3-9-18-17)10-14-15(19)5-2-6-16(14)20/h3-4,7-9,19H,2,5-6,10H2,1H3. The van der Waals surface area contributed by atoms with Gasteiger partial charge in [-0.1, -0.05) is 18.2 Å². The minimum Gasteiger partial charge on any atom is -0.512 e. The highest BCUT2D eigenvalue weighted by molar-refractivity contribution is 5.97. The van der Waals surface area contributed by atoms with Crippen LogP contribution in [0.4, 0.5) is 0 Å². The molecule has 3 rings (SSSR count). The van der Waals surface area contributed by atoms with E-state index in [0.29, 0.717) is 24.8 Å². The van der Waals surface area contributed by atoms with E-state index in [9.17, 15) is 9.90 Å². The van der Waals surface area contributed by atoms with Gasteiger partial charge in [-0.05, 0) is 30.5 Å². The number of allylic oxidation sites excluding steroid dienone is 2. The highest BCUT2D eigenvalue weighted by Gasteiger charge is 2.21. The Kier molecular flexibility index (Phi) is 3.26. The Morgan fingerprint density at radius 2 is 2.10 bits per heavy atom. The van der Waals surface area contributed by atoms with E-state index in [1.54, 1.807) is 6.20 Å². The van der Waals surface area contributed by atoms with Crippen molar-refractivity contribution in [2.75, 3.05) is 0 Å². The van der Waals surface area contributed by atoms with Crippen LogP contribution < -0.4 is 0 Å². The molecule has 1 aliphatic carbocycles. The fourth-order valence-corrected chi connectivity index (χ4v) is 2.79. The molecule has 0 fully saturated rings. The zero-order chi connectivity index (χ0) is 14.1. The molecule has 1 aromatic heterocycles. The summed E-state index contributed by atoms with van der Waals surface area (Å²) in [7, 11) is 0. The van der Waals surface area contributed by atoms with E-state index in [4.69, 9.17) is 0 Å². The van der Waals surface area contributed by atoms with Crippen molar-refractivity contribution < 1.29 is 9.90 Å². The summed E-state index contributed by atoms with van der Waals surface area (Å²) in [6.07, 6.45) is 4.14. The van der Waals surface area contributed by atoms with Crippen LogP contribution in [0.5, 0.6) is 0 Å². The third-order valence-electron chi connectivity index (χ3n) is 3.94. The highest BCUT2D eigenvalue weighted by Crippen LogP contribution is 2.27. The summed E-state index contributed by atoms with van der Waals surface area (Å²) < 4.78 is 0. The van der Waals surface area contributed by atoms with Crippen molar-refractivity contribution >= 4 is 16.7 Å². The van der Waals surface area contributed by atoms with Gasteiger partial charge in [0.2, 0.25) is 0 Å². The van der Waals surface area contributed by atoms with Gasteiger partial charge in [0, 0.05) is 36.4 Å². The maximum absolute atomic E-state index is 12.0. The SMILES string of the molecule is Cc1ccc(CC2=C(O)CCCC2=O)c2ncccc12. The molecule has 0 aliphatic heterocycles. The molecular formula is C17H17NO2. The van der Waals surface area contributed by atoms with Crippen LogP contribution in [0.25, 0.3) is 10.9 Å². The molecule has 1 N–H and O–H groups in total. The van der Waals surface area contributed by atoms with Gasteiger partial charge in [-0.3, -0.25) is 9.78 Å². The predicted octanol–water partition coefficient (Wildman–Crippen LogP) is 3.65. The summed E-state index contributed by atoms with van der Waals surface area (Å²) in [6, 6.07) is 8.01. The molecular weight excluding hydrogens is 250 g/mol. The number of aliphatic hydroxyl groups is 1. The van der Waals surface area contributed by atoms with E-state index in [0.717, 1.165) is 22.9 Å². The number of aliphatic hydroxyl groups excluding tert-OH is 1. The van der Waals surface area contributed by atoms with E-state index < -0.39 is 0 Å². The summed E-state index contributed by atoms with van der Waals surface area (Å²) in [5, 5.41) is 11.1. The Balaban J connectivity index is 2.08. The summed E-state index contributed by atoms with van der Waals surface area (Å²) in [4.78, 5) is 16.4. The number of rotatable bonds is 2. The smallest absolute Gasteiger partial charge is 0.162 e. The van der Waals surface area contributed by atoms with Crippen molar-refractivity contribution in [3.05, 3.63) is 52.9 Å². The van der Waals surface area contributed by atoms with Crippen molar-refractivity contribution in [2.24, 2.45) is 0 Å². The summed E-state index contributed by atoms with van der Waals surface area (Å²) in [5.41, 5.74) is 3.66. The summed E-state index contributed by atoms with van der Waals surface area (Å²) in [6.45, 7) is 2.05. The predicted molar refractivity (Wildman–Crippen MR) is 78.7 cm³/mol. The topological polar surface area (TPSA) is 50.2 Å². The second-order valence-corrected chi connectivity index (χ2v) is 5.32. The molecule has 1 heterocycles. The van der Waals surface area contributed by atoms with Gasteiger partial charge in [0.25, 0.3) is 0 Å². The van der Waals surface area contributed by atoms with E-state index >= 15 is 0 Å². The van der Waals surface area contributed by atoms with E-state index in [2.05, 4.69) is 11.9 Å². The van der Waals surface area contributed by atoms with Gasteiger partial charge >= 0.3 is 0 Å². The Labute approximate surface area is 118 Å². The number of hydrogen-bond acceptors (Lipinski definition) is 3. The monoisotopic (exact) mass is 267 g/mol. The first kappa shape index (κ1) is 12.9. The molecule has 1 aliphatic rings. The van der Waals surface area contributed by atoms with Crippen LogP contribution >= 0.6 is 0 Å². The van der Waals surface area contributed by atoms with Gasteiger partial charge in [-0.2, -0.15) is 0 Å². The van der Waals surface area contributed by atoms with Gasteiger partial charge in [0.05, 0.1) is 11.3 Å². The zero-order valence-electron chi connectivity index (χ0n) is 11.5. The number of nitrogens with zero attached hydrogens (tertiary/aromatic N) is 1. The third kappa shape index (κ3) is 2.20. The van der Waals surface area contributed by atoms with Crippen LogP contribution in [-0.2, 0) is 11.2 Å². The molecule has 2 aromatic rings. The van der Waals surface area contributed by atoms with Crippen molar-refractivity contribution in [1.82, 2.24) is 4.98 Å². The lowest BCUT2D eigenvalue weighted by Crippen LogP contribution is -2.14. The van der Waals surface area contributed by atoms with E-state index in [-0.39, 0.29) is 11.5 Å². The van der Waals surface area contributed by atoms with Crippen LogP contribution in [0.2, 0.25) is 0 Å². The lowest BCUT2D eigenvalue weighted by Gasteiger charge is -2.16. The van der Waals surface area contributed by atoms with Crippen LogP contribution in [-0.4, -0.2) is 15.9 Å². The number of Topliss-reactive ketones (excluding diaryl/α,β-unsaturated/α-hetero) is 1. The van der Waals surface area contributed by atoms with Gasteiger partial charge in [0.1, 0.15) is 0 Å². The molecule has 0 bridgehead atoms.